The van der Waals surface area contributed by atoms with E-state index in [1.54, 1.807) is 25.3 Å². The van der Waals surface area contributed by atoms with Gasteiger partial charge in [-0.25, -0.2) is 4.39 Å². The number of nitrogens with zero attached hydrogens (tertiary/aromatic N) is 1. The van der Waals surface area contributed by atoms with Crippen molar-refractivity contribution in [1.29, 1.82) is 0 Å². The van der Waals surface area contributed by atoms with Gasteiger partial charge in [-0.2, -0.15) is 0 Å². The number of halogens is 1. The normalized spacial score (nSPS) is 17.6. The van der Waals surface area contributed by atoms with Crippen molar-refractivity contribution in [2.75, 3.05) is 6.61 Å². The molecule has 0 radical (unpaired) electrons. The molecule has 1 fully saturated rings. The predicted molar refractivity (Wildman–Crippen MR) is 125 cm³/mol. The number of rotatable bonds is 9. The van der Waals surface area contributed by atoms with Crippen molar-refractivity contribution in [2.24, 2.45) is 11.8 Å². The summed E-state index contributed by atoms with van der Waals surface area (Å²) in [7, 11) is 0. The lowest BCUT2D eigenvalue weighted by Gasteiger charge is -2.31. The summed E-state index contributed by atoms with van der Waals surface area (Å²) in [5.74, 6) is -2.43. The maximum Gasteiger partial charge on any atom is 0.311 e. The molecule has 0 amide bonds. The fourth-order valence-corrected chi connectivity index (χ4v) is 4.32. The van der Waals surface area contributed by atoms with E-state index in [2.05, 4.69) is 4.98 Å². The summed E-state index contributed by atoms with van der Waals surface area (Å²) >= 11 is 0. The topological polar surface area (TPSA) is 79.7 Å². The van der Waals surface area contributed by atoms with Gasteiger partial charge in [0, 0.05) is 17.5 Å². The highest BCUT2D eigenvalue weighted by Gasteiger charge is 2.46. The zero-order valence-corrected chi connectivity index (χ0v) is 18.5. The number of para-hydroxylation sites is 1. The molecule has 1 aliphatic rings. The second-order valence-corrected chi connectivity index (χ2v) is 8.49. The summed E-state index contributed by atoms with van der Waals surface area (Å²) < 4.78 is 18.8. The monoisotopic (exact) mass is 449 g/mol. The summed E-state index contributed by atoms with van der Waals surface area (Å²) in [5.41, 5.74) is 2.22. The molecule has 2 aromatic carbocycles. The number of aromatic nitrogens is 1. The van der Waals surface area contributed by atoms with E-state index in [0.717, 1.165) is 29.3 Å². The standard InChI is InChI=1S/C27H28FNO4/c1-2-33-27(32)25(19-8-9-19)26(31)24(18-10-12-21(28)13-11-18)23(30)14-7-17-15-20-5-3-4-6-22(20)29-16-17/h3-7,10-16,19,23-26,30-31H,2,8-9H2,1H3. The number of hydrogen-bond acceptors (Lipinski definition) is 5. The number of aliphatic hydroxyl groups is 2. The quantitative estimate of drug-likeness (QED) is 0.471. The van der Waals surface area contributed by atoms with Crippen LogP contribution in [0.25, 0.3) is 17.0 Å². The Labute approximate surface area is 192 Å². The van der Waals surface area contributed by atoms with Crippen LogP contribution in [0.4, 0.5) is 4.39 Å². The molecule has 0 aliphatic heterocycles. The smallest absolute Gasteiger partial charge is 0.311 e. The number of pyridine rings is 1. The van der Waals surface area contributed by atoms with Crippen LogP contribution in [-0.4, -0.2) is 40.0 Å². The number of ether oxygens (including phenoxy) is 1. The van der Waals surface area contributed by atoms with Gasteiger partial charge in [-0.05, 0) is 61.1 Å². The van der Waals surface area contributed by atoms with Crippen LogP contribution in [0.5, 0.6) is 0 Å². The molecule has 3 aromatic rings. The fraction of sp³-hybridized carbons (Fsp3) is 0.333. The lowest BCUT2D eigenvalue weighted by molar-refractivity contribution is -0.154. The van der Waals surface area contributed by atoms with Crippen LogP contribution in [-0.2, 0) is 9.53 Å². The molecule has 33 heavy (non-hydrogen) atoms. The number of fused-ring (bicyclic) bond motifs is 1. The molecule has 1 aliphatic carbocycles. The van der Waals surface area contributed by atoms with Gasteiger partial charge in [-0.1, -0.05) is 42.5 Å². The van der Waals surface area contributed by atoms with Crippen LogP contribution >= 0.6 is 0 Å². The molecule has 0 saturated heterocycles. The lowest BCUT2D eigenvalue weighted by atomic mass is 9.80. The minimum absolute atomic E-state index is 0.0165. The van der Waals surface area contributed by atoms with Crippen LogP contribution in [0, 0.1) is 17.7 Å². The van der Waals surface area contributed by atoms with Crippen molar-refractivity contribution >= 4 is 22.9 Å². The Hall–Kier alpha value is -3.09. The van der Waals surface area contributed by atoms with Gasteiger partial charge in [0.05, 0.1) is 30.2 Å². The van der Waals surface area contributed by atoms with E-state index in [-0.39, 0.29) is 12.5 Å². The number of esters is 1. The Morgan fingerprint density at radius 2 is 1.91 bits per heavy atom. The molecule has 1 aromatic heterocycles. The average Bonchev–Trinajstić information content (AvgIpc) is 3.64. The van der Waals surface area contributed by atoms with Crippen molar-refractivity contribution in [2.45, 2.75) is 37.9 Å². The Morgan fingerprint density at radius 3 is 2.61 bits per heavy atom. The average molecular weight is 450 g/mol. The zero-order chi connectivity index (χ0) is 23.4. The fourth-order valence-electron chi connectivity index (χ4n) is 4.32. The van der Waals surface area contributed by atoms with Gasteiger partial charge >= 0.3 is 5.97 Å². The first-order chi connectivity index (χ1) is 16.0. The highest BCUT2D eigenvalue weighted by Crippen LogP contribution is 2.43. The number of carbonyl (C=O) groups is 1. The minimum atomic E-state index is -1.18. The number of carbonyl (C=O) groups excluding carboxylic acids is 1. The van der Waals surface area contributed by atoms with Crippen molar-refractivity contribution in [3.05, 3.63) is 83.8 Å². The first-order valence-electron chi connectivity index (χ1n) is 11.3. The highest BCUT2D eigenvalue weighted by atomic mass is 19.1. The van der Waals surface area contributed by atoms with Crippen LogP contribution in [0.3, 0.4) is 0 Å². The van der Waals surface area contributed by atoms with Gasteiger partial charge in [0.2, 0.25) is 0 Å². The lowest BCUT2D eigenvalue weighted by Crippen LogP contribution is -2.40. The summed E-state index contributed by atoms with van der Waals surface area (Å²) in [6.07, 6.45) is 4.38. The molecule has 172 valence electrons. The Morgan fingerprint density at radius 1 is 1.18 bits per heavy atom. The van der Waals surface area contributed by atoms with Crippen molar-refractivity contribution in [3.63, 3.8) is 0 Å². The number of aliphatic hydroxyl groups excluding tert-OH is 2. The Bertz CT molecular complexity index is 1130. The second-order valence-electron chi connectivity index (χ2n) is 8.49. The third kappa shape index (κ3) is 5.46. The third-order valence-electron chi connectivity index (χ3n) is 6.14. The van der Waals surface area contributed by atoms with Gasteiger partial charge in [-0.3, -0.25) is 9.78 Å². The van der Waals surface area contributed by atoms with E-state index in [4.69, 9.17) is 4.74 Å². The van der Waals surface area contributed by atoms with E-state index < -0.39 is 35.8 Å². The number of benzene rings is 2. The largest absolute Gasteiger partial charge is 0.466 e. The van der Waals surface area contributed by atoms with E-state index >= 15 is 0 Å². The van der Waals surface area contributed by atoms with E-state index in [1.807, 2.05) is 30.3 Å². The minimum Gasteiger partial charge on any atom is -0.466 e. The molecule has 4 unspecified atom stereocenters. The van der Waals surface area contributed by atoms with Crippen molar-refractivity contribution in [3.8, 4) is 0 Å². The zero-order valence-electron chi connectivity index (χ0n) is 18.5. The molecule has 4 rings (SSSR count). The van der Waals surface area contributed by atoms with Gasteiger partial charge < -0.3 is 14.9 Å². The molecule has 4 atom stereocenters. The summed E-state index contributed by atoms with van der Waals surface area (Å²) in [6.45, 7) is 1.94. The van der Waals surface area contributed by atoms with Gasteiger partial charge in [0.25, 0.3) is 0 Å². The first kappa shape index (κ1) is 23.1. The van der Waals surface area contributed by atoms with Crippen molar-refractivity contribution in [1.82, 2.24) is 4.98 Å². The van der Waals surface area contributed by atoms with Gasteiger partial charge in [0.15, 0.2) is 0 Å². The Balaban J connectivity index is 1.63. The van der Waals surface area contributed by atoms with E-state index in [1.165, 1.54) is 24.3 Å². The maximum absolute atomic E-state index is 13.6. The van der Waals surface area contributed by atoms with Gasteiger partial charge in [-0.15, -0.1) is 0 Å². The predicted octanol–water partition coefficient (Wildman–Crippen LogP) is 4.48. The molecule has 0 bridgehead atoms. The maximum atomic E-state index is 13.6. The van der Waals surface area contributed by atoms with E-state index in [0.29, 0.717) is 5.56 Å². The SMILES string of the molecule is CCOC(=O)C(C1CC1)C(O)C(c1ccc(F)cc1)C(O)C=Cc1cnc2ccccc2c1. The molecular formula is C27H28FNO4. The summed E-state index contributed by atoms with van der Waals surface area (Å²) in [4.78, 5) is 17.1. The Kier molecular flexibility index (Phi) is 7.16. The van der Waals surface area contributed by atoms with Crippen LogP contribution in [0.15, 0.2) is 66.9 Å². The highest BCUT2D eigenvalue weighted by molar-refractivity contribution is 5.80. The molecule has 0 spiro atoms. The van der Waals surface area contributed by atoms with Crippen molar-refractivity contribution < 1.29 is 24.1 Å². The molecular weight excluding hydrogens is 421 g/mol. The van der Waals surface area contributed by atoms with Crippen LogP contribution < -0.4 is 0 Å². The molecule has 6 heteroatoms. The van der Waals surface area contributed by atoms with Crippen LogP contribution in [0.1, 0.15) is 36.8 Å². The third-order valence-corrected chi connectivity index (χ3v) is 6.14. The van der Waals surface area contributed by atoms with E-state index in [9.17, 15) is 19.4 Å². The molecule has 5 nitrogen and oxygen atoms in total. The first-order valence-corrected chi connectivity index (χ1v) is 11.3. The molecule has 2 N–H and O–H groups in total. The van der Waals surface area contributed by atoms with Crippen LogP contribution in [0.2, 0.25) is 0 Å². The molecule has 1 saturated carbocycles. The number of hydrogen-bond donors (Lipinski definition) is 2. The summed E-state index contributed by atoms with van der Waals surface area (Å²) in [6, 6.07) is 15.3. The summed E-state index contributed by atoms with van der Waals surface area (Å²) in [5, 5.41) is 23.4. The second kappa shape index (κ2) is 10.2. The molecule has 1 heterocycles. The van der Waals surface area contributed by atoms with Gasteiger partial charge in [0.1, 0.15) is 5.82 Å².